The predicted octanol–water partition coefficient (Wildman–Crippen LogP) is 3.91. The number of hydrogen-bond acceptors (Lipinski definition) is 4. The molecule has 0 amide bonds. The summed E-state index contributed by atoms with van der Waals surface area (Å²) in [6, 6.07) is 16.6. The lowest BCUT2D eigenvalue weighted by atomic mass is 9.88. The first kappa shape index (κ1) is 19.7. The van der Waals surface area contributed by atoms with Crippen LogP contribution in [-0.2, 0) is 13.0 Å². The lowest BCUT2D eigenvalue weighted by molar-refractivity contribution is 0.0236. The van der Waals surface area contributed by atoms with Crippen LogP contribution in [0.3, 0.4) is 0 Å². The molecule has 0 radical (unpaired) electrons. The number of hydrogen-bond donors (Lipinski definition) is 1. The number of ether oxygens (including phenoxy) is 2. The van der Waals surface area contributed by atoms with E-state index in [9.17, 15) is 5.11 Å². The van der Waals surface area contributed by atoms with Crippen molar-refractivity contribution >= 4 is 0 Å². The Balaban J connectivity index is 1.71. The summed E-state index contributed by atoms with van der Waals surface area (Å²) >= 11 is 0. The highest BCUT2D eigenvalue weighted by molar-refractivity contribution is 5.47. The highest BCUT2D eigenvalue weighted by atomic mass is 16.5. The molecule has 1 saturated heterocycles. The minimum atomic E-state index is -0.276. The van der Waals surface area contributed by atoms with Crippen molar-refractivity contribution in [1.82, 2.24) is 4.90 Å². The van der Waals surface area contributed by atoms with E-state index in [1.165, 1.54) is 5.56 Å². The number of aliphatic hydroxyl groups is 1. The molecule has 0 saturated carbocycles. The van der Waals surface area contributed by atoms with Crippen molar-refractivity contribution in [2.24, 2.45) is 5.92 Å². The van der Waals surface area contributed by atoms with Crippen LogP contribution >= 0.6 is 0 Å². The fraction of sp³-hybridized carbons (Fsp3) is 0.478. The molecule has 1 aliphatic heterocycles. The number of nitrogens with zero attached hydrogens (tertiary/aromatic N) is 1. The maximum atomic E-state index is 10.6. The van der Waals surface area contributed by atoms with E-state index in [0.29, 0.717) is 6.61 Å². The van der Waals surface area contributed by atoms with E-state index < -0.39 is 0 Å². The van der Waals surface area contributed by atoms with Gasteiger partial charge in [-0.2, -0.15) is 0 Å². The van der Waals surface area contributed by atoms with E-state index in [1.807, 2.05) is 18.2 Å². The summed E-state index contributed by atoms with van der Waals surface area (Å²) in [4.78, 5) is 2.44. The van der Waals surface area contributed by atoms with Gasteiger partial charge in [0.25, 0.3) is 0 Å². The maximum absolute atomic E-state index is 10.6. The van der Waals surface area contributed by atoms with Crippen LogP contribution in [0.15, 0.2) is 48.5 Å². The second kappa shape index (κ2) is 9.77. The van der Waals surface area contributed by atoms with Crippen LogP contribution in [0.4, 0.5) is 0 Å². The Hall–Kier alpha value is -2.04. The first-order chi connectivity index (χ1) is 13.2. The van der Waals surface area contributed by atoms with Gasteiger partial charge in [0.15, 0.2) is 11.5 Å². The summed E-state index contributed by atoms with van der Waals surface area (Å²) in [5.41, 5.74) is 2.44. The van der Waals surface area contributed by atoms with Gasteiger partial charge in [-0.1, -0.05) is 49.4 Å². The van der Waals surface area contributed by atoms with Crippen LogP contribution in [0, 0.1) is 5.92 Å². The van der Waals surface area contributed by atoms with Crippen molar-refractivity contribution in [1.29, 1.82) is 0 Å². The molecule has 0 bridgehead atoms. The minimum Gasteiger partial charge on any atom is -0.493 e. The Morgan fingerprint density at radius 3 is 2.67 bits per heavy atom. The predicted molar refractivity (Wildman–Crippen MR) is 108 cm³/mol. The van der Waals surface area contributed by atoms with Crippen LogP contribution in [0.2, 0.25) is 0 Å². The van der Waals surface area contributed by atoms with Gasteiger partial charge in [-0.15, -0.1) is 0 Å². The third-order valence-electron chi connectivity index (χ3n) is 5.24. The molecule has 1 fully saturated rings. The second-order valence-electron chi connectivity index (χ2n) is 7.34. The molecular formula is C23H31NO3. The van der Waals surface area contributed by atoms with Crippen molar-refractivity contribution in [2.75, 3.05) is 26.8 Å². The van der Waals surface area contributed by atoms with Gasteiger partial charge in [0, 0.05) is 25.6 Å². The van der Waals surface area contributed by atoms with Gasteiger partial charge < -0.3 is 14.6 Å². The highest BCUT2D eigenvalue weighted by Crippen LogP contribution is 2.34. The Kier molecular flexibility index (Phi) is 7.13. The van der Waals surface area contributed by atoms with Crippen LogP contribution in [0.5, 0.6) is 11.5 Å². The van der Waals surface area contributed by atoms with E-state index in [2.05, 4.69) is 42.2 Å². The zero-order chi connectivity index (χ0) is 19.1. The van der Waals surface area contributed by atoms with Gasteiger partial charge in [-0.3, -0.25) is 4.90 Å². The summed E-state index contributed by atoms with van der Waals surface area (Å²) in [6.07, 6.45) is 2.28. The number of benzene rings is 2. The molecule has 1 N–H and O–H groups in total. The molecule has 2 unspecified atom stereocenters. The molecule has 0 aromatic heterocycles. The van der Waals surface area contributed by atoms with Crippen molar-refractivity contribution in [3.63, 3.8) is 0 Å². The van der Waals surface area contributed by atoms with Crippen LogP contribution < -0.4 is 9.47 Å². The van der Waals surface area contributed by atoms with E-state index in [0.717, 1.165) is 56.0 Å². The van der Waals surface area contributed by atoms with Gasteiger partial charge in [0.05, 0.1) is 19.8 Å². The van der Waals surface area contributed by atoms with Gasteiger partial charge in [0.2, 0.25) is 0 Å². The van der Waals surface area contributed by atoms with E-state index in [1.54, 1.807) is 7.11 Å². The Labute approximate surface area is 162 Å². The Morgan fingerprint density at radius 2 is 1.93 bits per heavy atom. The van der Waals surface area contributed by atoms with Gasteiger partial charge in [-0.25, -0.2) is 0 Å². The fourth-order valence-corrected chi connectivity index (χ4v) is 3.81. The van der Waals surface area contributed by atoms with Gasteiger partial charge in [-0.05, 0) is 36.5 Å². The first-order valence-corrected chi connectivity index (χ1v) is 9.94. The summed E-state index contributed by atoms with van der Waals surface area (Å²) < 4.78 is 11.5. The summed E-state index contributed by atoms with van der Waals surface area (Å²) in [6.45, 7) is 5.52. The maximum Gasteiger partial charge on any atom is 0.164 e. The van der Waals surface area contributed by atoms with Crippen LogP contribution in [0.1, 0.15) is 30.9 Å². The first-order valence-electron chi connectivity index (χ1n) is 9.94. The van der Waals surface area contributed by atoms with Gasteiger partial charge in [0.1, 0.15) is 0 Å². The molecule has 0 aliphatic carbocycles. The molecule has 1 heterocycles. The van der Waals surface area contributed by atoms with Crippen molar-refractivity contribution in [3.8, 4) is 11.5 Å². The summed E-state index contributed by atoms with van der Waals surface area (Å²) in [5, 5.41) is 10.6. The SMILES string of the molecule is CCCOc1c(CC2CN(Cc3ccccc3)CCC2O)cccc1OC. The number of methoxy groups -OCH3 is 1. The van der Waals surface area contributed by atoms with Gasteiger partial charge >= 0.3 is 0 Å². The molecule has 0 spiro atoms. The lowest BCUT2D eigenvalue weighted by Gasteiger charge is -2.36. The molecule has 1 aliphatic rings. The molecule has 146 valence electrons. The molecule has 2 aromatic rings. The third-order valence-corrected chi connectivity index (χ3v) is 5.24. The average Bonchev–Trinajstić information content (AvgIpc) is 2.70. The van der Waals surface area contributed by atoms with Crippen molar-refractivity contribution < 1.29 is 14.6 Å². The second-order valence-corrected chi connectivity index (χ2v) is 7.34. The molecule has 2 atom stereocenters. The number of para-hydroxylation sites is 1. The number of aliphatic hydroxyl groups excluding tert-OH is 1. The van der Waals surface area contributed by atoms with E-state index in [-0.39, 0.29) is 12.0 Å². The standard InChI is InChI=1S/C23H31NO3/c1-3-14-27-23-19(10-7-11-22(23)26-2)15-20-17-24(13-12-21(20)25)16-18-8-5-4-6-9-18/h4-11,20-21,25H,3,12-17H2,1-2H3. The number of likely N-dealkylation sites (tertiary alicyclic amines) is 1. The molecule has 2 aromatic carbocycles. The molecule has 4 nitrogen and oxygen atoms in total. The normalized spacial score (nSPS) is 20.4. The largest absolute Gasteiger partial charge is 0.493 e. The Bertz CT molecular complexity index is 704. The molecular weight excluding hydrogens is 338 g/mol. The third kappa shape index (κ3) is 5.24. The molecule has 27 heavy (non-hydrogen) atoms. The van der Waals surface area contributed by atoms with E-state index in [4.69, 9.17) is 9.47 Å². The topological polar surface area (TPSA) is 41.9 Å². The van der Waals surface area contributed by atoms with Crippen molar-refractivity contribution in [2.45, 2.75) is 38.8 Å². The summed E-state index contributed by atoms with van der Waals surface area (Å²) in [7, 11) is 1.68. The zero-order valence-electron chi connectivity index (χ0n) is 16.4. The van der Waals surface area contributed by atoms with Crippen molar-refractivity contribution in [3.05, 3.63) is 59.7 Å². The van der Waals surface area contributed by atoms with Crippen LogP contribution in [-0.4, -0.2) is 42.9 Å². The summed E-state index contributed by atoms with van der Waals surface area (Å²) in [5.74, 6) is 1.79. The van der Waals surface area contributed by atoms with E-state index >= 15 is 0 Å². The quantitative estimate of drug-likeness (QED) is 0.766. The fourth-order valence-electron chi connectivity index (χ4n) is 3.81. The number of rotatable bonds is 8. The lowest BCUT2D eigenvalue weighted by Crippen LogP contribution is -2.43. The molecule has 4 heteroatoms. The monoisotopic (exact) mass is 369 g/mol. The average molecular weight is 370 g/mol. The van der Waals surface area contributed by atoms with Crippen LogP contribution in [0.25, 0.3) is 0 Å². The highest BCUT2D eigenvalue weighted by Gasteiger charge is 2.29. The molecule has 3 rings (SSSR count). The number of piperidine rings is 1. The smallest absolute Gasteiger partial charge is 0.164 e. The Morgan fingerprint density at radius 1 is 1.11 bits per heavy atom. The zero-order valence-corrected chi connectivity index (χ0v) is 16.4. The minimum absolute atomic E-state index is 0.193.